The number of aromatic amines is 1. The van der Waals surface area contributed by atoms with Gasteiger partial charge in [-0.05, 0) is 42.9 Å². The highest BCUT2D eigenvalue weighted by molar-refractivity contribution is 6.21. The van der Waals surface area contributed by atoms with Crippen LogP contribution in [0, 0.1) is 0 Å². The van der Waals surface area contributed by atoms with Crippen LogP contribution in [0.15, 0.2) is 48.8 Å². The number of aromatic nitrogens is 6. The maximum Gasteiger partial charge on any atom is 0.131 e. The molecule has 0 unspecified atom stereocenters. The molecule has 134 valence electrons. The SMILES string of the molecule is NCCc1nc2cc3nc4c5cccnc5c5ncccc5c4[nH]c3cc2n1. The lowest BCUT2D eigenvalue weighted by atomic mass is 10.1. The van der Waals surface area contributed by atoms with Crippen molar-refractivity contribution < 1.29 is 0 Å². The Labute approximate surface area is 158 Å². The van der Waals surface area contributed by atoms with Crippen molar-refractivity contribution in [2.45, 2.75) is 6.42 Å². The summed E-state index contributed by atoms with van der Waals surface area (Å²) in [4.78, 5) is 26.8. The Morgan fingerprint density at radius 1 is 0.786 bits per heavy atom. The van der Waals surface area contributed by atoms with Gasteiger partial charge in [0.05, 0.1) is 44.1 Å². The first kappa shape index (κ1) is 15.4. The van der Waals surface area contributed by atoms with Crippen LogP contribution >= 0.6 is 0 Å². The summed E-state index contributed by atoms with van der Waals surface area (Å²) in [5.41, 5.74) is 12.6. The number of benzene rings is 2. The van der Waals surface area contributed by atoms with Crippen LogP contribution in [0.4, 0.5) is 0 Å². The van der Waals surface area contributed by atoms with Gasteiger partial charge in [-0.3, -0.25) is 9.97 Å². The number of imidazole rings is 1. The van der Waals surface area contributed by atoms with Gasteiger partial charge in [-0.1, -0.05) is 0 Å². The summed E-state index contributed by atoms with van der Waals surface area (Å²) in [7, 11) is 0. The van der Waals surface area contributed by atoms with Crippen molar-refractivity contribution in [3.63, 3.8) is 0 Å². The van der Waals surface area contributed by atoms with Crippen LogP contribution in [0.5, 0.6) is 0 Å². The smallest absolute Gasteiger partial charge is 0.131 e. The molecule has 0 aliphatic carbocycles. The van der Waals surface area contributed by atoms with Gasteiger partial charge in [-0.25, -0.2) is 15.0 Å². The largest absolute Gasteiger partial charge is 0.351 e. The molecule has 4 aromatic heterocycles. The first-order chi connectivity index (χ1) is 13.8. The van der Waals surface area contributed by atoms with Gasteiger partial charge in [0, 0.05) is 29.6 Å². The van der Waals surface area contributed by atoms with Crippen molar-refractivity contribution in [3.8, 4) is 0 Å². The molecule has 0 radical (unpaired) electrons. The summed E-state index contributed by atoms with van der Waals surface area (Å²) in [6, 6.07) is 11.9. The van der Waals surface area contributed by atoms with Gasteiger partial charge < -0.3 is 10.7 Å². The van der Waals surface area contributed by atoms with Gasteiger partial charge in [-0.2, -0.15) is 0 Å². The molecule has 6 rings (SSSR count). The van der Waals surface area contributed by atoms with E-state index in [0.29, 0.717) is 13.0 Å². The molecule has 0 saturated heterocycles. The van der Waals surface area contributed by atoms with E-state index in [1.54, 1.807) is 12.4 Å². The number of nitrogens with zero attached hydrogens (tertiary/aromatic N) is 5. The van der Waals surface area contributed by atoms with Gasteiger partial charge in [0.2, 0.25) is 0 Å². The van der Waals surface area contributed by atoms with Crippen LogP contribution in [0.3, 0.4) is 0 Å². The monoisotopic (exact) mass is 365 g/mol. The fraction of sp³-hybridized carbons (Fsp3) is 0.0952. The predicted molar refractivity (Wildman–Crippen MR) is 110 cm³/mol. The number of hydrogen-bond donors (Lipinski definition) is 2. The van der Waals surface area contributed by atoms with E-state index in [1.165, 1.54) is 0 Å². The third-order valence-corrected chi connectivity index (χ3v) is 5.05. The molecule has 0 spiro atoms. The van der Waals surface area contributed by atoms with E-state index in [-0.39, 0.29) is 0 Å². The predicted octanol–water partition coefficient (Wildman–Crippen LogP) is 3.26. The zero-order chi connectivity index (χ0) is 18.7. The lowest BCUT2D eigenvalue weighted by molar-refractivity contribution is 0.900. The van der Waals surface area contributed by atoms with Crippen LogP contribution in [0.25, 0.3) is 54.9 Å². The van der Waals surface area contributed by atoms with Crippen LogP contribution in [0.1, 0.15) is 5.82 Å². The number of fused-ring (bicyclic) bond motifs is 8. The Hall–Kier alpha value is -3.71. The van der Waals surface area contributed by atoms with E-state index in [4.69, 9.17) is 10.7 Å². The maximum atomic E-state index is 5.64. The highest BCUT2D eigenvalue weighted by Gasteiger charge is 2.14. The van der Waals surface area contributed by atoms with Crippen molar-refractivity contribution >= 4 is 54.9 Å². The second kappa shape index (κ2) is 5.64. The number of nitrogens with two attached hydrogens (primary N) is 1. The standard InChI is InChI=1S/C21H15N7/c22-6-5-17-25-13-9-15-16(10-14(13)26-17)28-21-12-4-2-8-24-19(12)18-11(20(21)27-15)3-1-7-23-18/h1-4,7-10,27H,5-6,22H2. The van der Waals surface area contributed by atoms with Crippen molar-refractivity contribution in [2.24, 2.45) is 5.73 Å². The highest BCUT2D eigenvalue weighted by atomic mass is 14.9. The van der Waals surface area contributed by atoms with Gasteiger partial charge >= 0.3 is 0 Å². The van der Waals surface area contributed by atoms with Crippen LogP contribution in [-0.2, 0) is 6.42 Å². The first-order valence-electron chi connectivity index (χ1n) is 9.13. The third kappa shape index (κ3) is 2.10. The molecule has 28 heavy (non-hydrogen) atoms. The summed E-state index contributed by atoms with van der Waals surface area (Å²) in [5, 5.41) is 1.97. The van der Waals surface area contributed by atoms with E-state index in [2.05, 4.69) is 24.9 Å². The highest BCUT2D eigenvalue weighted by Crippen LogP contribution is 2.32. The molecule has 0 fully saturated rings. The van der Waals surface area contributed by atoms with Crippen molar-refractivity contribution in [1.82, 2.24) is 29.9 Å². The van der Waals surface area contributed by atoms with Gasteiger partial charge in [0.15, 0.2) is 0 Å². The quantitative estimate of drug-likeness (QED) is 0.360. The molecule has 2 aromatic carbocycles. The van der Waals surface area contributed by atoms with E-state index in [9.17, 15) is 0 Å². The Kier molecular flexibility index (Phi) is 3.09. The van der Waals surface area contributed by atoms with Gasteiger partial charge in [-0.15, -0.1) is 0 Å². The lowest BCUT2D eigenvalue weighted by Crippen LogP contribution is -2.03. The molecule has 0 bridgehead atoms. The van der Waals surface area contributed by atoms with E-state index < -0.39 is 0 Å². The zero-order valence-electron chi connectivity index (χ0n) is 14.8. The van der Waals surface area contributed by atoms with Gasteiger partial charge in [0.25, 0.3) is 0 Å². The fourth-order valence-corrected chi connectivity index (χ4v) is 3.82. The summed E-state index contributed by atoms with van der Waals surface area (Å²) in [6.45, 7) is 0.530. The minimum absolute atomic E-state index is 0.530. The molecular formula is C21H15N7. The molecule has 3 N–H and O–H groups in total. The topological polar surface area (TPSA) is 106 Å². The molecular weight excluding hydrogens is 350 g/mol. The van der Waals surface area contributed by atoms with E-state index >= 15 is 0 Å². The average Bonchev–Trinajstić information content (AvgIpc) is 3.12. The molecule has 7 heteroatoms. The first-order valence-corrected chi connectivity index (χ1v) is 9.13. The van der Waals surface area contributed by atoms with E-state index in [1.807, 2.05) is 36.4 Å². The third-order valence-electron chi connectivity index (χ3n) is 5.05. The second-order valence-electron chi connectivity index (χ2n) is 6.80. The van der Waals surface area contributed by atoms with E-state index in [0.717, 1.165) is 60.7 Å². The minimum Gasteiger partial charge on any atom is -0.351 e. The average molecular weight is 365 g/mol. The Balaban J connectivity index is 1.79. The van der Waals surface area contributed by atoms with Crippen molar-refractivity contribution in [3.05, 3.63) is 54.6 Å². The summed E-state index contributed by atoms with van der Waals surface area (Å²) >= 11 is 0. The number of nitrogens with one attached hydrogen (secondary N) is 1. The normalized spacial score (nSPS) is 12.0. The second-order valence-corrected chi connectivity index (χ2v) is 6.80. The Bertz CT molecular complexity index is 1420. The number of H-pyrrole nitrogens is 1. The lowest BCUT2D eigenvalue weighted by Gasteiger charge is -2.09. The molecule has 0 aliphatic rings. The molecule has 0 saturated carbocycles. The van der Waals surface area contributed by atoms with Crippen LogP contribution in [0.2, 0.25) is 0 Å². The number of pyridine rings is 2. The molecule has 0 amide bonds. The number of rotatable bonds is 2. The van der Waals surface area contributed by atoms with Crippen molar-refractivity contribution in [1.29, 1.82) is 0 Å². The van der Waals surface area contributed by atoms with Gasteiger partial charge in [0.1, 0.15) is 5.82 Å². The molecule has 0 atom stereocenters. The zero-order valence-corrected chi connectivity index (χ0v) is 14.8. The van der Waals surface area contributed by atoms with Crippen LogP contribution in [-0.4, -0.2) is 36.4 Å². The summed E-state index contributed by atoms with van der Waals surface area (Å²) in [6.07, 6.45) is 4.24. The van der Waals surface area contributed by atoms with Crippen LogP contribution < -0.4 is 5.73 Å². The Morgan fingerprint density at radius 3 is 2.29 bits per heavy atom. The molecule has 4 heterocycles. The molecule has 6 aromatic rings. The minimum atomic E-state index is 0.530. The van der Waals surface area contributed by atoms with Crippen molar-refractivity contribution in [2.75, 3.05) is 6.54 Å². The molecule has 7 nitrogen and oxygen atoms in total. The molecule has 0 aliphatic heterocycles. The fourth-order valence-electron chi connectivity index (χ4n) is 3.82. The Morgan fingerprint density at radius 2 is 1.50 bits per heavy atom. The maximum absolute atomic E-state index is 5.64. The number of hydrogen-bond acceptors (Lipinski definition) is 6. The summed E-state index contributed by atoms with van der Waals surface area (Å²) < 4.78 is 0. The summed E-state index contributed by atoms with van der Waals surface area (Å²) in [5.74, 6) is 0.765.